The van der Waals surface area contributed by atoms with Crippen LogP contribution < -0.4 is 15.4 Å². The summed E-state index contributed by atoms with van der Waals surface area (Å²) in [7, 11) is 2.05. The third-order valence-corrected chi connectivity index (χ3v) is 5.00. The van der Waals surface area contributed by atoms with E-state index in [1.54, 1.807) is 0 Å². The molecule has 2 heterocycles. The fraction of sp³-hybridized carbons (Fsp3) is 0.421. The standard InChI is InChI=1S/C19H23N3O/c1-22(19-7-4-15(12-21-19)13-2-3-13)16-5-6-17-14(11-20)8-9-23-18(17)10-16/h4-7,10,12-14H,2-3,8-9,11,20H2,1H3/t14-/m0/s1. The molecule has 23 heavy (non-hydrogen) atoms. The van der Waals surface area contributed by atoms with Crippen molar-refractivity contribution in [2.75, 3.05) is 25.1 Å². The van der Waals surface area contributed by atoms with Gasteiger partial charge >= 0.3 is 0 Å². The van der Waals surface area contributed by atoms with Crippen LogP contribution in [0.3, 0.4) is 0 Å². The summed E-state index contributed by atoms with van der Waals surface area (Å²) >= 11 is 0. The lowest BCUT2D eigenvalue weighted by Gasteiger charge is -2.27. The number of pyridine rings is 1. The molecule has 1 atom stereocenters. The Labute approximate surface area is 137 Å². The van der Waals surface area contributed by atoms with Crippen LogP contribution in [0.25, 0.3) is 0 Å². The number of aromatic nitrogens is 1. The molecule has 1 saturated carbocycles. The quantitative estimate of drug-likeness (QED) is 0.938. The van der Waals surface area contributed by atoms with Gasteiger partial charge in [0.1, 0.15) is 11.6 Å². The van der Waals surface area contributed by atoms with Crippen LogP contribution in [0.2, 0.25) is 0 Å². The molecule has 1 fully saturated rings. The second-order valence-electron chi connectivity index (χ2n) is 6.57. The van der Waals surface area contributed by atoms with Gasteiger partial charge in [0.2, 0.25) is 0 Å². The summed E-state index contributed by atoms with van der Waals surface area (Å²) < 4.78 is 5.84. The van der Waals surface area contributed by atoms with Gasteiger partial charge in [-0.2, -0.15) is 0 Å². The van der Waals surface area contributed by atoms with Crippen LogP contribution in [-0.2, 0) is 0 Å². The van der Waals surface area contributed by atoms with Gasteiger partial charge in [0, 0.05) is 30.9 Å². The third kappa shape index (κ3) is 2.79. The van der Waals surface area contributed by atoms with Crippen LogP contribution in [0, 0.1) is 0 Å². The van der Waals surface area contributed by atoms with Gasteiger partial charge in [-0.15, -0.1) is 0 Å². The van der Waals surface area contributed by atoms with Crippen LogP contribution in [0.15, 0.2) is 36.5 Å². The number of nitrogens with zero attached hydrogens (tertiary/aromatic N) is 2. The Morgan fingerprint density at radius 2 is 2.09 bits per heavy atom. The van der Waals surface area contributed by atoms with E-state index in [-0.39, 0.29) is 0 Å². The van der Waals surface area contributed by atoms with Crippen molar-refractivity contribution in [2.45, 2.75) is 31.1 Å². The first-order valence-electron chi connectivity index (χ1n) is 8.43. The molecule has 1 aliphatic heterocycles. The molecular formula is C19H23N3O. The van der Waals surface area contributed by atoms with Gasteiger partial charge in [-0.3, -0.25) is 0 Å². The van der Waals surface area contributed by atoms with Crippen molar-refractivity contribution in [1.29, 1.82) is 0 Å². The van der Waals surface area contributed by atoms with Gasteiger partial charge in [0.25, 0.3) is 0 Å². The van der Waals surface area contributed by atoms with E-state index in [9.17, 15) is 0 Å². The van der Waals surface area contributed by atoms with Crippen molar-refractivity contribution in [1.82, 2.24) is 4.98 Å². The average molecular weight is 309 g/mol. The number of nitrogens with two attached hydrogens (primary N) is 1. The number of hydrogen-bond donors (Lipinski definition) is 1. The van der Waals surface area contributed by atoms with Crippen LogP contribution in [0.1, 0.15) is 42.2 Å². The van der Waals surface area contributed by atoms with Crippen molar-refractivity contribution < 1.29 is 4.74 Å². The molecule has 0 saturated heterocycles. The van der Waals surface area contributed by atoms with E-state index >= 15 is 0 Å². The highest BCUT2D eigenvalue weighted by Gasteiger charge is 2.24. The molecule has 4 heteroatoms. The maximum atomic E-state index is 5.87. The normalized spacial score (nSPS) is 19.8. The molecule has 2 aromatic rings. The fourth-order valence-electron chi connectivity index (χ4n) is 3.29. The van der Waals surface area contributed by atoms with Gasteiger partial charge in [0.15, 0.2) is 0 Å². The van der Waals surface area contributed by atoms with E-state index in [0.717, 1.165) is 36.2 Å². The Bertz CT molecular complexity index is 694. The summed E-state index contributed by atoms with van der Waals surface area (Å²) in [4.78, 5) is 6.73. The molecule has 0 unspecified atom stereocenters. The summed E-state index contributed by atoms with van der Waals surface area (Å²) in [5.74, 6) is 3.08. The Kier molecular flexibility index (Phi) is 3.69. The Hall–Kier alpha value is -2.07. The zero-order valence-electron chi connectivity index (χ0n) is 13.5. The molecule has 0 spiro atoms. The summed E-state index contributed by atoms with van der Waals surface area (Å²) in [5, 5.41) is 0. The lowest BCUT2D eigenvalue weighted by atomic mass is 9.93. The van der Waals surface area contributed by atoms with Crippen molar-refractivity contribution in [2.24, 2.45) is 5.73 Å². The van der Waals surface area contributed by atoms with E-state index < -0.39 is 0 Å². The largest absolute Gasteiger partial charge is 0.493 e. The predicted octanol–water partition coefficient (Wildman–Crippen LogP) is 3.55. The van der Waals surface area contributed by atoms with Crippen LogP contribution >= 0.6 is 0 Å². The molecule has 4 nitrogen and oxygen atoms in total. The number of anilines is 2. The molecule has 2 N–H and O–H groups in total. The van der Waals surface area contributed by atoms with E-state index in [1.807, 2.05) is 13.2 Å². The summed E-state index contributed by atoms with van der Waals surface area (Å²) in [6.45, 7) is 1.42. The van der Waals surface area contributed by atoms with Crippen LogP contribution in [0.5, 0.6) is 5.75 Å². The summed E-state index contributed by atoms with van der Waals surface area (Å²) in [5.41, 5.74) is 9.56. The molecule has 1 aromatic heterocycles. The topological polar surface area (TPSA) is 51.4 Å². The highest BCUT2D eigenvalue weighted by atomic mass is 16.5. The molecule has 120 valence electrons. The highest BCUT2D eigenvalue weighted by molar-refractivity contribution is 5.63. The molecule has 1 aliphatic carbocycles. The monoisotopic (exact) mass is 309 g/mol. The molecule has 2 aliphatic rings. The molecule has 0 amide bonds. The summed E-state index contributed by atoms with van der Waals surface area (Å²) in [6, 6.07) is 10.7. The average Bonchev–Trinajstić information content (AvgIpc) is 3.45. The summed E-state index contributed by atoms with van der Waals surface area (Å²) in [6.07, 6.45) is 5.63. The number of ether oxygens (including phenoxy) is 1. The van der Waals surface area contributed by atoms with Gasteiger partial charge in [-0.05, 0) is 55.0 Å². The first kappa shape index (κ1) is 14.5. The van der Waals surface area contributed by atoms with Crippen LogP contribution in [0.4, 0.5) is 11.5 Å². The molecule has 0 bridgehead atoms. The minimum absolute atomic E-state index is 0.411. The highest BCUT2D eigenvalue weighted by Crippen LogP contribution is 2.40. The minimum Gasteiger partial charge on any atom is -0.493 e. The Morgan fingerprint density at radius 1 is 1.22 bits per heavy atom. The van der Waals surface area contributed by atoms with Gasteiger partial charge in [-0.1, -0.05) is 12.1 Å². The van der Waals surface area contributed by atoms with E-state index in [1.165, 1.54) is 24.0 Å². The van der Waals surface area contributed by atoms with Gasteiger partial charge in [0.05, 0.1) is 6.61 Å². The minimum atomic E-state index is 0.411. The van der Waals surface area contributed by atoms with Crippen molar-refractivity contribution in [3.8, 4) is 5.75 Å². The maximum absolute atomic E-state index is 5.87. The van der Waals surface area contributed by atoms with E-state index in [2.05, 4.69) is 40.2 Å². The lowest BCUT2D eigenvalue weighted by Crippen LogP contribution is -2.21. The molecule has 0 radical (unpaired) electrons. The van der Waals surface area contributed by atoms with Gasteiger partial charge < -0.3 is 15.4 Å². The van der Waals surface area contributed by atoms with Crippen molar-refractivity contribution in [3.05, 3.63) is 47.7 Å². The molecule has 1 aromatic carbocycles. The Balaban J connectivity index is 1.59. The first-order chi connectivity index (χ1) is 11.3. The first-order valence-corrected chi connectivity index (χ1v) is 8.43. The Morgan fingerprint density at radius 3 is 2.78 bits per heavy atom. The zero-order valence-corrected chi connectivity index (χ0v) is 13.5. The SMILES string of the molecule is CN(c1ccc2c(c1)OCC[C@H]2CN)c1ccc(C2CC2)cn1. The molecular weight excluding hydrogens is 286 g/mol. The maximum Gasteiger partial charge on any atom is 0.132 e. The van der Waals surface area contributed by atoms with E-state index in [4.69, 9.17) is 10.5 Å². The molecule has 4 rings (SSSR count). The lowest BCUT2D eigenvalue weighted by molar-refractivity contribution is 0.269. The van der Waals surface area contributed by atoms with E-state index in [0.29, 0.717) is 12.5 Å². The van der Waals surface area contributed by atoms with Crippen molar-refractivity contribution >= 4 is 11.5 Å². The fourth-order valence-corrected chi connectivity index (χ4v) is 3.29. The smallest absolute Gasteiger partial charge is 0.132 e. The zero-order chi connectivity index (χ0) is 15.8. The third-order valence-electron chi connectivity index (χ3n) is 5.00. The second kappa shape index (κ2) is 5.85. The van der Waals surface area contributed by atoms with Gasteiger partial charge in [-0.25, -0.2) is 4.98 Å². The second-order valence-corrected chi connectivity index (χ2v) is 6.57. The van der Waals surface area contributed by atoms with Crippen LogP contribution in [-0.4, -0.2) is 25.2 Å². The number of benzene rings is 1. The van der Waals surface area contributed by atoms with Crippen molar-refractivity contribution in [3.63, 3.8) is 0 Å². The number of fused-ring (bicyclic) bond motifs is 1. The number of hydrogen-bond acceptors (Lipinski definition) is 4. The predicted molar refractivity (Wildman–Crippen MR) is 92.6 cm³/mol. The number of rotatable bonds is 4.